The Morgan fingerprint density at radius 2 is 2.23 bits per heavy atom. The summed E-state index contributed by atoms with van der Waals surface area (Å²) in [7, 11) is 0. The van der Waals surface area contributed by atoms with Gasteiger partial charge in [-0.05, 0) is 24.3 Å². The van der Waals surface area contributed by atoms with Crippen LogP contribution in [0.1, 0.15) is 41.3 Å². The van der Waals surface area contributed by atoms with Crippen molar-refractivity contribution in [2.24, 2.45) is 5.73 Å². The van der Waals surface area contributed by atoms with E-state index in [9.17, 15) is 0 Å². The zero-order valence-corrected chi connectivity index (χ0v) is 7.60. The van der Waals surface area contributed by atoms with Crippen molar-refractivity contribution in [1.82, 2.24) is 4.98 Å². The molecule has 1 saturated carbocycles. The molecule has 0 aromatic carbocycles. The van der Waals surface area contributed by atoms with Crippen molar-refractivity contribution in [3.63, 3.8) is 0 Å². The van der Waals surface area contributed by atoms with Crippen molar-refractivity contribution in [2.45, 2.75) is 38.5 Å². The van der Waals surface area contributed by atoms with Crippen molar-refractivity contribution >= 4 is 0 Å². The highest BCUT2D eigenvalue weighted by atomic mass is 16.5. The maximum atomic E-state index is 5.76. The summed E-state index contributed by atoms with van der Waals surface area (Å²) in [4.78, 5) is 3.47. The van der Waals surface area contributed by atoms with Crippen LogP contribution in [0, 0.1) is 0 Å². The Kier molecular flexibility index (Phi) is 1.51. The molecule has 3 nitrogen and oxygen atoms in total. The predicted molar refractivity (Wildman–Crippen MR) is 49.2 cm³/mol. The highest BCUT2D eigenvalue weighted by molar-refractivity contribution is 5.41. The lowest BCUT2D eigenvalue weighted by molar-refractivity contribution is 0.132. The highest BCUT2D eigenvalue weighted by Crippen LogP contribution is 2.43. The molecule has 1 aromatic rings. The van der Waals surface area contributed by atoms with E-state index in [1.807, 2.05) is 0 Å². The molecule has 70 valence electrons. The summed E-state index contributed by atoms with van der Waals surface area (Å²) in [6, 6.07) is 0. The van der Waals surface area contributed by atoms with Crippen molar-refractivity contribution in [3.8, 4) is 0 Å². The first-order valence-corrected chi connectivity index (χ1v) is 4.90. The Bertz CT molecular complexity index is 339. The molecule has 0 unspecified atom stereocenters. The number of H-pyrrole nitrogens is 1. The van der Waals surface area contributed by atoms with Crippen LogP contribution in [-0.4, -0.2) is 4.98 Å². The summed E-state index contributed by atoms with van der Waals surface area (Å²) in [5, 5.41) is 0. The van der Waals surface area contributed by atoms with Crippen LogP contribution in [0.4, 0.5) is 0 Å². The Hall–Kier alpha value is -0.800. The quantitative estimate of drug-likeness (QED) is 0.718. The van der Waals surface area contributed by atoms with Gasteiger partial charge in [-0.1, -0.05) is 0 Å². The fraction of sp³-hybridized carbons (Fsp3) is 0.600. The van der Waals surface area contributed by atoms with Crippen molar-refractivity contribution in [2.75, 3.05) is 0 Å². The van der Waals surface area contributed by atoms with Crippen LogP contribution in [0.2, 0.25) is 0 Å². The van der Waals surface area contributed by atoms with E-state index in [0.29, 0.717) is 6.54 Å². The lowest BCUT2D eigenvalue weighted by Crippen LogP contribution is -2.01. The van der Waals surface area contributed by atoms with Gasteiger partial charge in [-0.2, -0.15) is 0 Å². The van der Waals surface area contributed by atoms with Crippen LogP contribution < -0.4 is 5.73 Å². The van der Waals surface area contributed by atoms with Crippen LogP contribution in [-0.2, 0) is 24.5 Å². The third-order valence-electron chi connectivity index (χ3n) is 3.02. The van der Waals surface area contributed by atoms with Gasteiger partial charge in [-0.3, -0.25) is 0 Å². The lowest BCUT2D eigenvalue weighted by Gasteiger charge is -2.01. The number of hydrogen-bond donors (Lipinski definition) is 2. The maximum Gasteiger partial charge on any atom is 0.0874 e. The highest BCUT2D eigenvalue weighted by Gasteiger charge is 2.31. The molecule has 3 heteroatoms. The molecular weight excluding hydrogens is 164 g/mol. The normalized spacial score (nSPS) is 20.7. The Balaban J connectivity index is 2.09. The standard InChI is InChI=1S/C10H14N2O/c11-3-7-8-4-13-5-9(8)12-10(7)6-1-2-6/h6,12H,1-5,11H2. The van der Waals surface area contributed by atoms with Gasteiger partial charge in [-0.15, -0.1) is 0 Å². The number of nitrogens with two attached hydrogens (primary N) is 1. The first-order chi connectivity index (χ1) is 6.40. The molecule has 0 radical (unpaired) electrons. The second-order valence-corrected chi connectivity index (χ2v) is 3.95. The minimum Gasteiger partial charge on any atom is -0.370 e. The smallest absolute Gasteiger partial charge is 0.0874 e. The molecule has 3 N–H and O–H groups in total. The van der Waals surface area contributed by atoms with Crippen molar-refractivity contribution in [1.29, 1.82) is 0 Å². The molecule has 0 spiro atoms. The van der Waals surface area contributed by atoms with Gasteiger partial charge in [0, 0.05) is 23.5 Å². The Morgan fingerprint density at radius 1 is 1.38 bits per heavy atom. The zero-order valence-electron chi connectivity index (χ0n) is 7.60. The number of aromatic amines is 1. The van der Waals surface area contributed by atoms with E-state index in [1.54, 1.807) is 0 Å². The molecule has 0 amide bonds. The van der Waals surface area contributed by atoms with Gasteiger partial charge in [0.05, 0.1) is 13.2 Å². The number of fused-ring (bicyclic) bond motifs is 1. The van der Waals surface area contributed by atoms with E-state index in [-0.39, 0.29) is 0 Å². The monoisotopic (exact) mass is 178 g/mol. The van der Waals surface area contributed by atoms with E-state index < -0.39 is 0 Å². The summed E-state index contributed by atoms with van der Waals surface area (Å²) in [6.45, 7) is 2.15. The molecule has 0 saturated heterocycles. The molecule has 3 rings (SSSR count). The maximum absolute atomic E-state index is 5.76. The molecule has 1 aliphatic heterocycles. The third kappa shape index (κ3) is 1.04. The molecule has 1 fully saturated rings. The van der Waals surface area contributed by atoms with Crippen LogP contribution in [0.5, 0.6) is 0 Å². The molecule has 1 aromatic heterocycles. The van der Waals surface area contributed by atoms with Gasteiger partial charge >= 0.3 is 0 Å². The number of hydrogen-bond acceptors (Lipinski definition) is 2. The SMILES string of the molecule is NCc1c(C2CC2)[nH]c2c1COC2. The summed E-state index contributed by atoms with van der Waals surface area (Å²) in [5.41, 5.74) is 11.1. The number of ether oxygens (including phenoxy) is 1. The summed E-state index contributed by atoms with van der Waals surface area (Å²) >= 11 is 0. The fourth-order valence-corrected chi connectivity index (χ4v) is 2.16. The van der Waals surface area contributed by atoms with Gasteiger partial charge in [0.25, 0.3) is 0 Å². The Morgan fingerprint density at radius 3 is 2.92 bits per heavy atom. The van der Waals surface area contributed by atoms with Crippen LogP contribution >= 0.6 is 0 Å². The number of rotatable bonds is 2. The van der Waals surface area contributed by atoms with Gasteiger partial charge in [0.15, 0.2) is 0 Å². The van der Waals surface area contributed by atoms with Crippen LogP contribution in [0.25, 0.3) is 0 Å². The molecular formula is C10H14N2O. The summed E-state index contributed by atoms with van der Waals surface area (Å²) in [6.07, 6.45) is 2.65. The molecule has 1 aliphatic carbocycles. The van der Waals surface area contributed by atoms with Crippen LogP contribution in [0.15, 0.2) is 0 Å². The minimum atomic E-state index is 0.654. The summed E-state index contributed by atoms with van der Waals surface area (Å²) < 4.78 is 5.37. The fourth-order valence-electron chi connectivity index (χ4n) is 2.16. The Labute approximate surface area is 77.3 Å². The number of aromatic nitrogens is 1. The lowest BCUT2D eigenvalue weighted by atomic mass is 10.1. The predicted octanol–water partition coefficient (Wildman–Crippen LogP) is 1.38. The topological polar surface area (TPSA) is 51.0 Å². The van der Waals surface area contributed by atoms with Crippen LogP contribution in [0.3, 0.4) is 0 Å². The second-order valence-electron chi connectivity index (χ2n) is 3.95. The average molecular weight is 178 g/mol. The van der Waals surface area contributed by atoms with Gasteiger partial charge in [-0.25, -0.2) is 0 Å². The molecule has 13 heavy (non-hydrogen) atoms. The van der Waals surface area contributed by atoms with E-state index in [4.69, 9.17) is 10.5 Å². The summed E-state index contributed by atoms with van der Waals surface area (Å²) in [5.74, 6) is 0.768. The average Bonchev–Trinajstić information content (AvgIpc) is 2.76. The van der Waals surface area contributed by atoms with Gasteiger partial charge in [0.1, 0.15) is 0 Å². The minimum absolute atomic E-state index is 0.654. The van der Waals surface area contributed by atoms with E-state index >= 15 is 0 Å². The van der Waals surface area contributed by atoms with Gasteiger partial charge in [0.2, 0.25) is 0 Å². The number of nitrogens with one attached hydrogen (secondary N) is 1. The first-order valence-electron chi connectivity index (χ1n) is 4.90. The first kappa shape index (κ1) is 7.59. The zero-order chi connectivity index (χ0) is 8.84. The van der Waals surface area contributed by atoms with E-state index in [2.05, 4.69) is 4.98 Å². The van der Waals surface area contributed by atoms with E-state index in [1.165, 1.54) is 35.4 Å². The largest absolute Gasteiger partial charge is 0.370 e. The molecule has 2 aliphatic rings. The molecule has 0 atom stereocenters. The third-order valence-corrected chi connectivity index (χ3v) is 3.02. The van der Waals surface area contributed by atoms with Gasteiger partial charge < -0.3 is 15.5 Å². The molecule has 2 heterocycles. The molecule has 0 bridgehead atoms. The second kappa shape index (κ2) is 2.59. The van der Waals surface area contributed by atoms with E-state index in [0.717, 1.165) is 19.1 Å². The van der Waals surface area contributed by atoms with Crippen molar-refractivity contribution in [3.05, 3.63) is 22.5 Å². The van der Waals surface area contributed by atoms with Crippen molar-refractivity contribution < 1.29 is 4.74 Å².